The Labute approximate surface area is 187 Å². The van der Waals surface area contributed by atoms with E-state index in [1.807, 2.05) is 10.1 Å². The number of carbonyl (C=O) groups is 1. The third-order valence-corrected chi connectivity index (χ3v) is 5.45. The molecule has 0 spiro atoms. The lowest BCUT2D eigenvalue weighted by Gasteiger charge is -2.24. The largest absolute Gasteiger partial charge is 0.547 e. The molecule has 0 rings (SSSR count). The van der Waals surface area contributed by atoms with Crippen LogP contribution in [0.15, 0.2) is 0 Å². The van der Waals surface area contributed by atoms with Crippen LogP contribution in [0.2, 0.25) is 0 Å². The molecule has 0 saturated carbocycles. The van der Waals surface area contributed by atoms with Crippen LogP contribution in [0.25, 0.3) is 0 Å². The van der Waals surface area contributed by atoms with Crippen LogP contribution in [0.5, 0.6) is 0 Å². The van der Waals surface area contributed by atoms with Crippen molar-refractivity contribution < 1.29 is 14.5 Å². The minimum Gasteiger partial charge on any atom is -0.334 e. The number of hydrogen-bond acceptors (Lipinski definition) is 5. The normalized spacial score (nSPS) is 11.4. The van der Waals surface area contributed by atoms with Crippen molar-refractivity contribution in [3.63, 3.8) is 0 Å². The molecule has 5 heteroatoms. The van der Waals surface area contributed by atoms with Crippen LogP contribution in [0, 0.1) is 0 Å². The minimum absolute atomic E-state index is 0.563. The Hall–Kier alpha value is -0.810. The summed E-state index contributed by atoms with van der Waals surface area (Å²) in [4.78, 5) is 23.7. The van der Waals surface area contributed by atoms with Crippen LogP contribution in [0.4, 0.5) is 4.79 Å². The Morgan fingerprint density at radius 3 is 0.967 bits per heavy atom. The van der Waals surface area contributed by atoms with Crippen molar-refractivity contribution in [3.8, 4) is 0 Å². The molecule has 0 radical (unpaired) electrons. The van der Waals surface area contributed by atoms with Crippen LogP contribution in [-0.4, -0.2) is 42.5 Å². The molecule has 0 aliphatic rings. The predicted molar refractivity (Wildman–Crippen MR) is 127 cm³/mol. The smallest absolute Gasteiger partial charge is 0.334 e. The molecule has 0 aromatic rings. The maximum absolute atomic E-state index is 12.5. The summed E-state index contributed by atoms with van der Waals surface area (Å²) in [6.07, 6.45) is 18.2. The summed E-state index contributed by atoms with van der Waals surface area (Å²) in [6, 6.07) is 0. The van der Waals surface area contributed by atoms with E-state index in [1.165, 1.54) is 77.0 Å². The first kappa shape index (κ1) is 29.2. The third kappa shape index (κ3) is 19.2. The highest BCUT2D eigenvalue weighted by Gasteiger charge is 2.17. The molecule has 0 heterocycles. The van der Waals surface area contributed by atoms with Gasteiger partial charge in [-0.2, -0.15) is 4.79 Å². The van der Waals surface area contributed by atoms with Crippen LogP contribution in [-0.2, 0) is 9.68 Å². The molecule has 30 heavy (non-hydrogen) atoms. The fourth-order valence-corrected chi connectivity index (χ4v) is 3.49. The maximum atomic E-state index is 12.5. The van der Waals surface area contributed by atoms with Gasteiger partial charge in [0.2, 0.25) is 0 Å². The summed E-state index contributed by atoms with van der Waals surface area (Å²) in [6.45, 7) is 12.1. The molecular formula is C25H52N2O3. The van der Waals surface area contributed by atoms with E-state index in [4.69, 9.17) is 9.68 Å². The fourth-order valence-electron chi connectivity index (χ4n) is 3.49. The van der Waals surface area contributed by atoms with E-state index in [2.05, 4.69) is 27.7 Å². The summed E-state index contributed by atoms with van der Waals surface area (Å²) in [5.74, 6) is 0. The molecule has 0 unspecified atom stereocenters. The van der Waals surface area contributed by atoms with E-state index in [-0.39, 0.29) is 0 Å². The van der Waals surface area contributed by atoms with Crippen LogP contribution in [0.1, 0.15) is 130 Å². The van der Waals surface area contributed by atoms with Gasteiger partial charge in [0.15, 0.2) is 0 Å². The van der Waals surface area contributed by atoms with Crippen molar-refractivity contribution in [1.29, 1.82) is 0 Å². The Morgan fingerprint density at radius 1 is 0.467 bits per heavy atom. The Bertz CT molecular complexity index is 310. The van der Waals surface area contributed by atoms with E-state index in [1.54, 1.807) is 0 Å². The van der Waals surface area contributed by atoms with Gasteiger partial charge in [0.1, 0.15) is 0 Å². The molecular weight excluding hydrogens is 376 g/mol. The van der Waals surface area contributed by atoms with E-state index >= 15 is 0 Å². The number of nitrogens with zero attached hydrogens (tertiary/aromatic N) is 2. The van der Waals surface area contributed by atoms with Gasteiger partial charge in [-0.15, -0.1) is 10.1 Å². The molecule has 0 N–H and O–H groups in total. The van der Waals surface area contributed by atoms with Gasteiger partial charge < -0.3 is 9.68 Å². The number of hydrogen-bond donors (Lipinski definition) is 0. The van der Waals surface area contributed by atoms with Crippen LogP contribution in [0.3, 0.4) is 0 Å². The van der Waals surface area contributed by atoms with Crippen molar-refractivity contribution in [2.24, 2.45) is 0 Å². The molecule has 0 aliphatic heterocycles. The SMILES string of the molecule is CCCCCCN(CCCCCC)OC(=O)ON(CCCCCC)CCCCCC. The van der Waals surface area contributed by atoms with Crippen molar-refractivity contribution in [1.82, 2.24) is 10.1 Å². The highest BCUT2D eigenvalue weighted by molar-refractivity contribution is 5.59. The van der Waals surface area contributed by atoms with Gasteiger partial charge in [-0.3, -0.25) is 0 Å². The lowest BCUT2D eigenvalue weighted by Crippen LogP contribution is -2.35. The number of hydroxylamine groups is 4. The highest BCUT2D eigenvalue weighted by atomic mass is 16.9. The molecule has 0 amide bonds. The van der Waals surface area contributed by atoms with Crippen molar-refractivity contribution >= 4 is 6.16 Å². The van der Waals surface area contributed by atoms with Gasteiger partial charge in [0, 0.05) is 26.2 Å². The third-order valence-electron chi connectivity index (χ3n) is 5.45. The fraction of sp³-hybridized carbons (Fsp3) is 0.960. The Kier molecular flexibility index (Phi) is 22.2. The average molecular weight is 429 g/mol. The minimum atomic E-state index is -0.563. The van der Waals surface area contributed by atoms with Crippen molar-refractivity contribution in [3.05, 3.63) is 0 Å². The van der Waals surface area contributed by atoms with Gasteiger partial charge >= 0.3 is 6.16 Å². The lowest BCUT2D eigenvalue weighted by molar-refractivity contribution is -0.189. The first-order valence-electron chi connectivity index (χ1n) is 13.1. The van der Waals surface area contributed by atoms with Gasteiger partial charge in [0.25, 0.3) is 0 Å². The second-order valence-electron chi connectivity index (χ2n) is 8.53. The summed E-state index contributed by atoms with van der Waals surface area (Å²) in [5, 5.41) is 3.67. The highest BCUT2D eigenvalue weighted by Crippen LogP contribution is 2.10. The molecule has 180 valence electrons. The van der Waals surface area contributed by atoms with Crippen molar-refractivity contribution in [2.75, 3.05) is 26.2 Å². The monoisotopic (exact) mass is 428 g/mol. The number of unbranched alkanes of at least 4 members (excludes halogenated alkanes) is 12. The zero-order chi connectivity index (χ0) is 22.3. The second kappa shape index (κ2) is 22.9. The van der Waals surface area contributed by atoms with E-state index in [0.29, 0.717) is 0 Å². The molecule has 5 nitrogen and oxygen atoms in total. The molecule has 0 aromatic carbocycles. The van der Waals surface area contributed by atoms with Gasteiger partial charge in [-0.1, -0.05) is 105 Å². The lowest BCUT2D eigenvalue weighted by atomic mass is 10.2. The van der Waals surface area contributed by atoms with Crippen LogP contribution >= 0.6 is 0 Å². The number of rotatable bonds is 22. The molecule has 0 aliphatic carbocycles. The summed E-state index contributed by atoms with van der Waals surface area (Å²) < 4.78 is 0. The quantitative estimate of drug-likeness (QED) is 0.129. The first-order chi connectivity index (χ1) is 14.7. The summed E-state index contributed by atoms with van der Waals surface area (Å²) in [7, 11) is 0. The molecule has 0 bridgehead atoms. The van der Waals surface area contributed by atoms with E-state index < -0.39 is 6.16 Å². The molecule has 0 saturated heterocycles. The van der Waals surface area contributed by atoms with E-state index in [0.717, 1.165) is 51.9 Å². The standard InChI is InChI=1S/C25H52N2O3/c1-5-9-13-17-21-26(22-18-14-10-6-2)29-25(28)30-27(23-19-15-11-7-3)24-20-16-12-8-4/h5-24H2,1-4H3. The Balaban J connectivity index is 4.50. The molecule has 0 atom stereocenters. The predicted octanol–water partition coefficient (Wildman–Crippen LogP) is 7.89. The van der Waals surface area contributed by atoms with E-state index in [9.17, 15) is 4.79 Å². The zero-order valence-corrected chi connectivity index (χ0v) is 20.8. The Morgan fingerprint density at radius 2 is 0.733 bits per heavy atom. The van der Waals surface area contributed by atoms with Gasteiger partial charge in [-0.25, -0.2) is 0 Å². The van der Waals surface area contributed by atoms with Gasteiger partial charge in [0.05, 0.1) is 0 Å². The van der Waals surface area contributed by atoms with Crippen LogP contribution < -0.4 is 0 Å². The average Bonchev–Trinajstić information content (AvgIpc) is 2.74. The zero-order valence-electron chi connectivity index (χ0n) is 20.8. The summed E-state index contributed by atoms with van der Waals surface area (Å²) >= 11 is 0. The van der Waals surface area contributed by atoms with Gasteiger partial charge in [-0.05, 0) is 25.7 Å². The summed E-state index contributed by atoms with van der Waals surface area (Å²) in [5.41, 5.74) is 0. The molecule has 0 aromatic heterocycles. The maximum Gasteiger partial charge on any atom is 0.547 e. The molecule has 0 fully saturated rings. The van der Waals surface area contributed by atoms with Crippen molar-refractivity contribution in [2.45, 2.75) is 130 Å². The second-order valence-corrected chi connectivity index (χ2v) is 8.53. The topological polar surface area (TPSA) is 42.0 Å². The first-order valence-corrected chi connectivity index (χ1v) is 13.1. The number of carbonyl (C=O) groups excluding carboxylic acids is 1.